The summed E-state index contributed by atoms with van der Waals surface area (Å²) in [4.78, 5) is 13.1. The van der Waals surface area contributed by atoms with Gasteiger partial charge in [-0.3, -0.25) is 14.9 Å². The van der Waals surface area contributed by atoms with Gasteiger partial charge in [-0.05, 0) is 19.1 Å². The molecule has 1 saturated heterocycles. The lowest BCUT2D eigenvalue weighted by atomic mass is 10.0. The Morgan fingerprint density at radius 1 is 1.36 bits per heavy atom. The van der Waals surface area contributed by atoms with Crippen molar-refractivity contribution in [1.82, 2.24) is 29.9 Å². The molecule has 1 fully saturated rings. The molecule has 2 aliphatic heterocycles. The van der Waals surface area contributed by atoms with Crippen molar-refractivity contribution in [2.75, 3.05) is 25.1 Å². The largest absolute Gasteiger partial charge is 0.377 e. The molecule has 0 aliphatic carbocycles. The van der Waals surface area contributed by atoms with Crippen LogP contribution in [0.5, 0.6) is 0 Å². The summed E-state index contributed by atoms with van der Waals surface area (Å²) in [6.45, 7) is 4.82. The number of aryl methyl sites for hydroxylation is 1. The molecular weight excluding hydrogens is 360 g/mol. The SMILES string of the molecule is C[C@@H]1COCCN1C1=NNC(Cn2nccc2NC=O)C(c2ccnn2C)=C1. The minimum Gasteiger partial charge on any atom is -0.377 e. The van der Waals surface area contributed by atoms with Crippen molar-refractivity contribution >= 4 is 23.6 Å². The number of rotatable bonds is 5. The quantitative estimate of drug-likeness (QED) is 0.718. The Morgan fingerprint density at radius 2 is 2.21 bits per heavy atom. The molecule has 2 aromatic heterocycles. The van der Waals surface area contributed by atoms with Gasteiger partial charge in [0.15, 0.2) is 0 Å². The maximum atomic E-state index is 10.8. The molecule has 10 heteroatoms. The predicted octanol–water partition coefficient (Wildman–Crippen LogP) is 0.275. The van der Waals surface area contributed by atoms with E-state index in [1.54, 1.807) is 23.1 Å². The van der Waals surface area contributed by atoms with Gasteiger partial charge < -0.3 is 15.0 Å². The molecule has 1 amide bonds. The van der Waals surface area contributed by atoms with Crippen molar-refractivity contribution in [2.45, 2.75) is 25.6 Å². The summed E-state index contributed by atoms with van der Waals surface area (Å²) in [6.07, 6.45) is 6.20. The third-order valence-electron chi connectivity index (χ3n) is 5.05. The Hall–Kier alpha value is -3.14. The number of anilines is 1. The molecule has 4 heterocycles. The van der Waals surface area contributed by atoms with Crippen LogP contribution in [0.25, 0.3) is 5.57 Å². The zero-order valence-electron chi connectivity index (χ0n) is 15.9. The average Bonchev–Trinajstić information content (AvgIpc) is 3.32. The van der Waals surface area contributed by atoms with E-state index >= 15 is 0 Å². The number of hydrazone groups is 1. The molecular formula is C18H24N8O2. The lowest BCUT2D eigenvalue weighted by molar-refractivity contribution is -0.105. The summed E-state index contributed by atoms with van der Waals surface area (Å²) >= 11 is 0. The second kappa shape index (κ2) is 7.85. The molecule has 0 bridgehead atoms. The van der Waals surface area contributed by atoms with Crippen molar-refractivity contribution < 1.29 is 9.53 Å². The minimum absolute atomic E-state index is 0.123. The van der Waals surface area contributed by atoms with Crippen molar-refractivity contribution in [3.8, 4) is 0 Å². The van der Waals surface area contributed by atoms with Gasteiger partial charge in [0, 0.05) is 31.4 Å². The van der Waals surface area contributed by atoms with E-state index in [0.717, 1.165) is 23.6 Å². The molecule has 1 unspecified atom stereocenters. The van der Waals surface area contributed by atoms with E-state index in [1.807, 2.05) is 17.8 Å². The van der Waals surface area contributed by atoms with Crippen LogP contribution >= 0.6 is 0 Å². The van der Waals surface area contributed by atoms with E-state index in [9.17, 15) is 4.79 Å². The summed E-state index contributed by atoms with van der Waals surface area (Å²) in [6, 6.07) is 3.88. The second-order valence-electron chi connectivity index (χ2n) is 6.87. The number of carbonyl (C=O) groups is 1. The smallest absolute Gasteiger partial charge is 0.212 e. The van der Waals surface area contributed by atoms with Crippen molar-refractivity contribution in [3.63, 3.8) is 0 Å². The molecule has 2 N–H and O–H groups in total. The molecule has 10 nitrogen and oxygen atoms in total. The molecule has 0 aromatic carbocycles. The van der Waals surface area contributed by atoms with Gasteiger partial charge in [-0.1, -0.05) is 0 Å². The first kappa shape index (κ1) is 18.2. The number of nitrogens with one attached hydrogen (secondary N) is 2. The van der Waals surface area contributed by atoms with Gasteiger partial charge in [0.1, 0.15) is 11.7 Å². The van der Waals surface area contributed by atoms with Crippen LogP contribution in [0.4, 0.5) is 5.82 Å². The molecule has 28 heavy (non-hydrogen) atoms. The number of hydrogen-bond donors (Lipinski definition) is 2. The van der Waals surface area contributed by atoms with Gasteiger partial charge >= 0.3 is 0 Å². The van der Waals surface area contributed by atoms with E-state index in [4.69, 9.17) is 4.74 Å². The number of aromatic nitrogens is 4. The van der Waals surface area contributed by atoms with Crippen LogP contribution in [0.1, 0.15) is 12.6 Å². The molecule has 2 aliphatic rings. The highest BCUT2D eigenvalue weighted by molar-refractivity contribution is 6.01. The molecule has 4 rings (SSSR count). The molecule has 2 aromatic rings. The minimum atomic E-state index is -0.123. The lowest BCUT2D eigenvalue weighted by Gasteiger charge is -2.37. The van der Waals surface area contributed by atoms with Crippen molar-refractivity contribution in [2.24, 2.45) is 12.1 Å². The summed E-state index contributed by atoms with van der Waals surface area (Å²) in [5, 5.41) is 15.9. The zero-order valence-corrected chi connectivity index (χ0v) is 15.9. The van der Waals surface area contributed by atoms with Crippen LogP contribution in [0, 0.1) is 0 Å². The summed E-state index contributed by atoms with van der Waals surface area (Å²) in [7, 11) is 1.92. The third kappa shape index (κ3) is 3.50. The van der Waals surface area contributed by atoms with Crippen LogP contribution in [-0.2, 0) is 23.1 Å². The van der Waals surface area contributed by atoms with E-state index in [0.29, 0.717) is 32.0 Å². The average molecular weight is 384 g/mol. The van der Waals surface area contributed by atoms with Crippen LogP contribution in [0.3, 0.4) is 0 Å². The van der Waals surface area contributed by atoms with Crippen LogP contribution in [-0.4, -0.2) is 68.5 Å². The Morgan fingerprint density at radius 3 is 2.96 bits per heavy atom. The van der Waals surface area contributed by atoms with Crippen LogP contribution in [0.2, 0.25) is 0 Å². The van der Waals surface area contributed by atoms with E-state index < -0.39 is 0 Å². The second-order valence-corrected chi connectivity index (χ2v) is 6.87. The number of hydrogen-bond acceptors (Lipinski definition) is 7. The van der Waals surface area contributed by atoms with Crippen LogP contribution in [0.15, 0.2) is 35.7 Å². The van der Waals surface area contributed by atoms with E-state index in [1.165, 1.54) is 0 Å². The summed E-state index contributed by atoms with van der Waals surface area (Å²) < 4.78 is 9.14. The monoisotopic (exact) mass is 384 g/mol. The maximum Gasteiger partial charge on any atom is 0.212 e. The Balaban J connectivity index is 1.64. The van der Waals surface area contributed by atoms with Gasteiger partial charge in [-0.2, -0.15) is 15.3 Å². The molecule has 2 atom stereocenters. The number of amidine groups is 1. The number of ether oxygens (including phenoxy) is 1. The third-order valence-corrected chi connectivity index (χ3v) is 5.05. The lowest BCUT2D eigenvalue weighted by Crippen LogP contribution is -2.49. The van der Waals surface area contributed by atoms with Crippen LogP contribution < -0.4 is 10.7 Å². The Bertz CT molecular complexity index is 899. The highest BCUT2D eigenvalue weighted by Gasteiger charge is 2.28. The normalized spacial score (nSPS) is 22.3. The van der Waals surface area contributed by atoms with Gasteiger partial charge in [0.2, 0.25) is 6.41 Å². The fraction of sp³-hybridized carbons (Fsp3) is 0.444. The standard InChI is InChI=1S/C18H24N8O2/c1-13-11-28-8-7-25(13)18-9-14(16-3-5-20-24(16)2)15(22-23-18)10-26-17(19-12-27)4-6-21-26/h3-6,9,12-13,15,22H,7-8,10-11H2,1-2H3,(H,19,27)/t13-,15?/m1/s1. The van der Waals surface area contributed by atoms with Gasteiger partial charge in [-0.25, -0.2) is 4.68 Å². The molecule has 0 saturated carbocycles. The highest BCUT2D eigenvalue weighted by atomic mass is 16.5. The molecule has 148 valence electrons. The molecule has 0 spiro atoms. The van der Waals surface area contributed by atoms with E-state index in [2.05, 4.69) is 43.9 Å². The van der Waals surface area contributed by atoms with Crippen molar-refractivity contribution in [3.05, 3.63) is 36.3 Å². The predicted molar refractivity (Wildman–Crippen MR) is 104 cm³/mol. The van der Waals surface area contributed by atoms with Gasteiger partial charge in [-0.15, -0.1) is 0 Å². The summed E-state index contributed by atoms with van der Waals surface area (Å²) in [5.74, 6) is 1.52. The topological polar surface area (TPSA) is 102 Å². The Labute approximate surface area is 162 Å². The van der Waals surface area contributed by atoms with Crippen molar-refractivity contribution in [1.29, 1.82) is 0 Å². The number of nitrogens with zero attached hydrogens (tertiary/aromatic N) is 6. The molecule has 0 radical (unpaired) electrons. The number of amides is 1. The first-order valence-electron chi connectivity index (χ1n) is 9.27. The van der Waals surface area contributed by atoms with Gasteiger partial charge in [0.25, 0.3) is 0 Å². The Kier molecular flexibility index (Phi) is 5.11. The fourth-order valence-corrected chi connectivity index (χ4v) is 3.58. The fourth-order valence-electron chi connectivity index (χ4n) is 3.58. The zero-order chi connectivity index (χ0) is 19.5. The summed E-state index contributed by atoms with van der Waals surface area (Å²) in [5.41, 5.74) is 5.35. The highest BCUT2D eigenvalue weighted by Crippen LogP contribution is 2.24. The first-order chi connectivity index (χ1) is 13.7. The first-order valence-corrected chi connectivity index (χ1v) is 9.27. The maximum absolute atomic E-state index is 10.8. The van der Waals surface area contributed by atoms with E-state index in [-0.39, 0.29) is 12.1 Å². The number of carbonyl (C=O) groups excluding carboxylic acids is 1. The van der Waals surface area contributed by atoms with Gasteiger partial charge in [0.05, 0.1) is 43.7 Å². The number of morpholine rings is 1.